The van der Waals surface area contributed by atoms with E-state index in [1.165, 1.54) is 5.56 Å². The van der Waals surface area contributed by atoms with Gasteiger partial charge in [0.2, 0.25) is 0 Å². The van der Waals surface area contributed by atoms with Crippen LogP contribution in [0.2, 0.25) is 0 Å². The zero-order chi connectivity index (χ0) is 15.3. The quantitative estimate of drug-likeness (QED) is 0.548. The van der Waals surface area contributed by atoms with Gasteiger partial charge in [0, 0.05) is 9.89 Å². The summed E-state index contributed by atoms with van der Waals surface area (Å²) in [5.74, 6) is 1.41. The van der Waals surface area contributed by atoms with E-state index in [0.717, 1.165) is 23.1 Å². The molecule has 0 aliphatic carbocycles. The van der Waals surface area contributed by atoms with Gasteiger partial charge in [0.1, 0.15) is 5.75 Å². The van der Waals surface area contributed by atoms with Crippen LogP contribution in [0.4, 0.5) is 0 Å². The largest absolute Gasteiger partial charge is 0.493 e. The van der Waals surface area contributed by atoms with Crippen molar-refractivity contribution in [3.05, 3.63) is 28.2 Å². The standard InChI is InChI=1S/C16H24BrNOS/c1-11(2)13-10-12(17)6-7-14(13)19-9-5-8-16(3,4)15(18)20/h6-7,10-11H,5,8-9H2,1-4H3,(H2,18,20). The molecule has 0 saturated carbocycles. The molecule has 1 rings (SSSR count). The predicted molar refractivity (Wildman–Crippen MR) is 93.5 cm³/mol. The van der Waals surface area contributed by atoms with Gasteiger partial charge in [0.05, 0.1) is 11.6 Å². The first-order valence-corrected chi connectivity index (χ1v) is 8.16. The Labute approximate surface area is 136 Å². The number of halogens is 1. The van der Waals surface area contributed by atoms with Crippen LogP contribution in [-0.4, -0.2) is 11.6 Å². The van der Waals surface area contributed by atoms with E-state index in [1.54, 1.807) is 0 Å². The van der Waals surface area contributed by atoms with Gasteiger partial charge in [-0.25, -0.2) is 0 Å². The molecule has 0 aliphatic rings. The summed E-state index contributed by atoms with van der Waals surface area (Å²) in [4.78, 5) is 0.573. The van der Waals surface area contributed by atoms with Crippen LogP contribution >= 0.6 is 28.1 Å². The van der Waals surface area contributed by atoms with Crippen LogP contribution in [0.15, 0.2) is 22.7 Å². The lowest BCUT2D eigenvalue weighted by Crippen LogP contribution is -2.30. The highest BCUT2D eigenvalue weighted by Gasteiger charge is 2.20. The van der Waals surface area contributed by atoms with Gasteiger partial charge in [0.25, 0.3) is 0 Å². The number of hydrogen-bond donors (Lipinski definition) is 1. The van der Waals surface area contributed by atoms with Gasteiger partial charge in [0.15, 0.2) is 0 Å². The third kappa shape index (κ3) is 5.06. The van der Waals surface area contributed by atoms with Crippen LogP contribution in [0.1, 0.15) is 52.0 Å². The van der Waals surface area contributed by atoms with E-state index in [2.05, 4.69) is 49.7 Å². The van der Waals surface area contributed by atoms with E-state index >= 15 is 0 Å². The lowest BCUT2D eigenvalue weighted by atomic mass is 9.88. The fraction of sp³-hybridized carbons (Fsp3) is 0.562. The molecule has 0 atom stereocenters. The van der Waals surface area contributed by atoms with E-state index < -0.39 is 0 Å². The van der Waals surface area contributed by atoms with Gasteiger partial charge >= 0.3 is 0 Å². The van der Waals surface area contributed by atoms with Gasteiger partial charge in [-0.15, -0.1) is 0 Å². The number of nitrogens with two attached hydrogens (primary N) is 1. The lowest BCUT2D eigenvalue weighted by Gasteiger charge is -2.23. The second-order valence-electron chi connectivity index (χ2n) is 6.04. The van der Waals surface area contributed by atoms with Gasteiger partial charge in [-0.2, -0.15) is 0 Å². The van der Waals surface area contributed by atoms with E-state index in [0.29, 0.717) is 17.5 Å². The minimum absolute atomic E-state index is 0.0979. The van der Waals surface area contributed by atoms with Crippen molar-refractivity contribution < 1.29 is 4.74 Å². The van der Waals surface area contributed by atoms with Crippen LogP contribution in [0.5, 0.6) is 5.75 Å². The van der Waals surface area contributed by atoms with E-state index in [1.807, 2.05) is 12.1 Å². The highest BCUT2D eigenvalue weighted by atomic mass is 79.9. The highest BCUT2D eigenvalue weighted by molar-refractivity contribution is 9.10. The zero-order valence-electron chi connectivity index (χ0n) is 12.7. The van der Waals surface area contributed by atoms with Crippen LogP contribution in [-0.2, 0) is 0 Å². The molecule has 0 heterocycles. The van der Waals surface area contributed by atoms with Crippen molar-refractivity contribution >= 4 is 33.1 Å². The predicted octanol–water partition coefficient (Wildman–Crippen LogP) is 5.04. The number of ether oxygens (including phenoxy) is 1. The molecule has 0 spiro atoms. The molecule has 4 heteroatoms. The summed E-state index contributed by atoms with van der Waals surface area (Å²) >= 11 is 8.58. The summed E-state index contributed by atoms with van der Waals surface area (Å²) in [6, 6.07) is 6.16. The Bertz CT molecular complexity index is 472. The summed E-state index contributed by atoms with van der Waals surface area (Å²) in [6.07, 6.45) is 1.88. The first-order chi connectivity index (χ1) is 9.24. The average molecular weight is 358 g/mol. The molecule has 0 unspecified atom stereocenters. The third-order valence-corrected chi connectivity index (χ3v) is 4.51. The van der Waals surface area contributed by atoms with Crippen molar-refractivity contribution in [1.29, 1.82) is 0 Å². The molecule has 0 amide bonds. The number of benzene rings is 1. The number of hydrogen-bond acceptors (Lipinski definition) is 2. The van der Waals surface area contributed by atoms with E-state index in [4.69, 9.17) is 22.7 Å². The van der Waals surface area contributed by atoms with Crippen molar-refractivity contribution in [2.75, 3.05) is 6.61 Å². The highest BCUT2D eigenvalue weighted by Crippen LogP contribution is 2.30. The fourth-order valence-corrected chi connectivity index (χ4v) is 2.40. The van der Waals surface area contributed by atoms with Crippen LogP contribution in [0.25, 0.3) is 0 Å². The Morgan fingerprint density at radius 1 is 1.40 bits per heavy atom. The second kappa shape index (κ2) is 7.41. The summed E-state index contributed by atoms with van der Waals surface area (Å²) < 4.78 is 7.01. The normalized spacial score (nSPS) is 11.7. The summed E-state index contributed by atoms with van der Waals surface area (Å²) in [7, 11) is 0. The Hall–Kier alpha value is -0.610. The Balaban J connectivity index is 2.57. The Kier molecular flexibility index (Phi) is 6.46. The Morgan fingerprint density at radius 2 is 2.05 bits per heavy atom. The molecule has 0 saturated heterocycles. The minimum Gasteiger partial charge on any atom is -0.493 e. The molecule has 0 bridgehead atoms. The molecule has 0 radical (unpaired) electrons. The molecule has 0 fully saturated rings. The monoisotopic (exact) mass is 357 g/mol. The molecular weight excluding hydrogens is 334 g/mol. The van der Waals surface area contributed by atoms with Crippen molar-refractivity contribution in [2.24, 2.45) is 11.1 Å². The minimum atomic E-state index is -0.0979. The third-order valence-electron chi connectivity index (χ3n) is 3.46. The second-order valence-corrected chi connectivity index (χ2v) is 7.39. The van der Waals surface area contributed by atoms with Gasteiger partial charge in [-0.05, 0) is 42.5 Å². The number of thiocarbonyl (C=S) groups is 1. The van der Waals surface area contributed by atoms with Gasteiger partial charge in [-0.1, -0.05) is 55.8 Å². The van der Waals surface area contributed by atoms with Crippen LogP contribution < -0.4 is 10.5 Å². The maximum absolute atomic E-state index is 5.92. The smallest absolute Gasteiger partial charge is 0.122 e. The lowest BCUT2D eigenvalue weighted by molar-refractivity contribution is 0.284. The van der Waals surface area contributed by atoms with Crippen molar-refractivity contribution in [1.82, 2.24) is 0 Å². The molecule has 112 valence electrons. The maximum atomic E-state index is 5.92. The summed E-state index contributed by atoms with van der Waals surface area (Å²) in [6.45, 7) is 9.19. The maximum Gasteiger partial charge on any atom is 0.122 e. The fourth-order valence-electron chi connectivity index (χ4n) is 1.92. The van der Waals surface area contributed by atoms with E-state index in [-0.39, 0.29) is 5.41 Å². The number of rotatable bonds is 7. The van der Waals surface area contributed by atoms with Crippen molar-refractivity contribution in [3.8, 4) is 5.75 Å². The van der Waals surface area contributed by atoms with E-state index in [9.17, 15) is 0 Å². The van der Waals surface area contributed by atoms with Crippen LogP contribution in [0.3, 0.4) is 0 Å². The molecule has 2 N–H and O–H groups in total. The first-order valence-electron chi connectivity index (χ1n) is 6.96. The zero-order valence-corrected chi connectivity index (χ0v) is 15.1. The molecule has 1 aromatic carbocycles. The molecule has 2 nitrogen and oxygen atoms in total. The summed E-state index contributed by atoms with van der Waals surface area (Å²) in [5, 5.41) is 0. The molecule has 1 aromatic rings. The average Bonchev–Trinajstić information content (AvgIpc) is 2.35. The summed E-state index contributed by atoms with van der Waals surface area (Å²) in [5.41, 5.74) is 6.86. The topological polar surface area (TPSA) is 35.2 Å². The van der Waals surface area contributed by atoms with Gasteiger partial charge in [-0.3, -0.25) is 0 Å². The molecular formula is C16H24BrNOS. The van der Waals surface area contributed by atoms with Crippen molar-refractivity contribution in [3.63, 3.8) is 0 Å². The molecule has 20 heavy (non-hydrogen) atoms. The van der Waals surface area contributed by atoms with Gasteiger partial charge < -0.3 is 10.5 Å². The van der Waals surface area contributed by atoms with Crippen molar-refractivity contribution in [2.45, 2.75) is 46.5 Å². The molecule has 0 aliphatic heterocycles. The Morgan fingerprint density at radius 3 is 2.60 bits per heavy atom. The molecule has 0 aromatic heterocycles. The van der Waals surface area contributed by atoms with Crippen LogP contribution in [0, 0.1) is 5.41 Å². The SMILES string of the molecule is CC(C)c1cc(Br)ccc1OCCCC(C)(C)C(N)=S. The first kappa shape index (κ1) is 17.4.